The first-order chi connectivity index (χ1) is 12.7. The molecule has 0 heterocycles. The summed E-state index contributed by atoms with van der Waals surface area (Å²) < 4.78 is 18.1. The van der Waals surface area contributed by atoms with E-state index < -0.39 is 10.8 Å². The maximum atomic E-state index is 13.1. The minimum Gasteiger partial charge on any atom is -0.462 e. The van der Waals surface area contributed by atoms with Crippen LogP contribution in [0.4, 0.5) is 0 Å². The highest BCUT2D eigenvalue weighted by Crippen LogP contribution is 2.46. The zero-order valence-corrected chi connectivity index (χ0v) is 17.6. The van der Waals surface area contributed by atoms with Crippen LogP contribution in [0.2, 0.25) is 0 Å². The lowest BCUT2D eigenvalue weighted by Gasteiger charge is -2.42. The first-order valence-corrected chi connectivity index (χ1v) is 10.6. The van der Waals surface area contributed by atoms with Gasteiger partial charge in [0.2, 0.25) is 0 Å². The van der Waals surface area contributed by atoms with Crippen molar-refractivity contribution in [2.45, 2.75) is 68.1 Å². The zero-order chi connectivity index (χ0) is 19.8. The third kappa shape index (κ3) is 3.86. The van der Waals surface area contributed by atoms with Gasteiger partial charge in [0.15, 0.2) is 0 Å². The Morgan fingerprint density at radius 1 is 0.926 bits per heavy atom. The number of fused-ring (bicyclic) bond motifs is 1. The number of ether oxygens (including phenoxy) is 1. The SMILES string of the molecule is CCOC(=O)c1ccc(S(=O)c2ccc3c(c2)C(C)(C)CCC3(C)C)cc1. The van der Waals surface area contributed by atoms with Gasteiger partial charge in [-0.3, -0.25) is 0 Å². The van der Waals surface area contributed by atoms with E-state index in [9.17, 15) is 9.00 Å². The molecule has 2 aromatic rings. The standard InChI is InChI=1S/C23H28O3S/c1-6-26-21(24)16-7-9-17(10-8-16)27(25)18-11-12-19-20(15-18)23(4,5)14-13-22(19,2)3/h7-12,15H,6,13-14H2,1-5H3. The quantitative estimate of drug-likeness (QED) is 0.665. The van der Waals surface area contributed by atoms with Crippen molar-refractivity contribution in [2.24, 2.45) is 0 Å². The maximum Gasteiger partial charge on any atom is 0.338 e. The molecule has 1 aliphatic carbocycles. The molecule has 1 aliphatic rings. The molecule has 0 fully saturated rings. The highest BCUT2D eigenvalue weighted by atomic mass is 32.2. The predicted octanol–water partition coefficient (Wildman–Crippen LogP) is 5.38. The van der Waals surface area contributed by atoms with Gasteiger partial charge in [0, 0.05) is 9.79 Å². The molecule has 0 spiro atoms. The Hall–Kier alpha value is -1.94. The summed E-state index contributed by atoms with van der Waals surface area (Å²) in [5.41, 5.74) is 3.36. The summed E-state index contributed by atoms with van der Waals surface area (Å²) in [6.45, 7) is 11.2. The number of benzene rings is 2. The molecule has 3 nitrogen and oxygen atoms in total. The zero-order valence-electron chi connectivity index (χ0n) is 16.8. The monoisotopic (exact) mass is 384 g/mol. The molecule has 0 N–H and O–H groups in total. The molecule has 0 amide bonds. The summed E-state index contributed by atoms with van der Waals surface area (Å²) in [4.78, 5) is 13.3. The maximum absolute atomic E-state index is 13.1. The first-order valence-electron chi connectivity index (χ1n) is 9.50. The highest BCUT2D eigenvalue weighted by Gasteiger charge is 2.37. The normalized spacial score (nSPS) is 18.4. The molecule has 4 heteroatoms. The molecule has 144 valence electrons. The average molecular weight is 385 g/mol. The van der Waals surface area contributed by atoms with E-state index in [1.165, 1.54) is 11.1 Å². The summed E-state index contributed by atoms with van der Waals surface area (Å²) in [6, 6.07) is 13.1. The van der Waals surface area contributed by atoms with Crippen molar-refractivity contribution in [3.63, 3.8) is 0 Å². The van der Waals surface area contributed by atoms with Gasteiger partial charge in [-0.1, -0.05) is 33.8 Å². The second-order valence-corrected chi connectivity index (χ2v) is 9.97. The van der Waals surface area contributed by atoms with Gasteiger partial charge in [-0.05, 0) is 78.1 Å². The molecular weight excluding hydrogens is 356 g/mol. The largest absolute Gasteiger partial charge is 0.462 e. The van der Waals surface area contributed by atoms with Crippen molar-refractivity contribution in [2.75, 3.05) is 6.61 Å². The van der Waals surface area contributed by atoms with Crippen LogP contribution in [0.15, 0.2) is 52.3 Å². The summed E-state index contributed by atoms with van der Waals surface area (Å²) in [5, 5.41) is 0. The van der Waals surface area contributed by atoms with E-state index in [1.54, 1.807) is 31.2 Å². The third-order valence-corrected chi connectivity index (χ3v) is 7.00. The second kappa shape index (κ2) is 7.23. The lowest BCUT2D eigenvalue weighted by atomic mass is 9.63. The molecule has 3 rings (SSSR count). The molecular formula is C23H28O3S. The van der Waals surface area contributed by atoms with Gasteiger partial charge in [-0.15, -0.1) is 0 Å². The summed E-state index contributed by atoms with van der Waals surface area (Å²) in [6.07, 6.45) is 2.28. The molecule has 0 saturated heterocycles. The van der Waals surface area contributed by atoms with E-state index >= 15 is 0 Å². The smallest absolute Gasteiger partial charge is 0.338 e. The van der Waals surface area contributed by atoms with E-state index in [0.29, 0.717) is 17.1 Å². The van der Waals surface area contributed by atoms with E-state index in [0.717, 1.165) is 17.7 Å². The average Bonchev–Trinajstić information content (AvgIpc) is 2.65. The van der Waals surface area contributed by atoms with Crippen molar-refractivity contribution < 1.29 is 13.7 Å². The lowest BCUT2D eigenvalue weighted by Crippen LogP contribution is -2.33. The van der Waals surface area contributed by atoms with Crippen molar-refractivity contribution in [1.82, 2.24) is 0 Å². The van der Waals surface area contributed by atoms with E-state index in [4.69, 9.17) is 4.74 Å². The van der Waals surface area contributed by atoms with Crippen molar-refractivity contribution >= 4 is 16.8 Å². The van der Waals surface area contributed by atoms with Crippen molar-refractivity contribution in [3.05, 3.63) is 59.2 Å². The molecule has 27 heavy (non-hydrogen) atoms. The van der Waals surface area contributed by atoms with Crippen LogP contribution in [0.1, 0.15) is 68.9 Å². The van der Waals surface area contributed by atoms with Gasteiger partial charge in [-0.25, -0.2) is 9.00 Å². The predicted molar refractivity (Wildman–Crippen MR) is 109 cm³/mol. The van der Waals surface area contributed by atoms with Gasteiger partial charge < -0.3 is 4.74 Å². The Kier molecular flexibility index (Phi) is 5.31. The van der Waals surface area contributed by atoms with Crippen LogP contribution in [-0.4, -0.2) is 16.8 Å². The van der Waals surface area contributed by atoms with E-state index in [2.05, 4.69) is 39.8 Å². The molecule has 0 aliphatic heterocycles. The van der Waals surface area contributed by atoms with Crippen LogP contribution in [-0.2, 0) is 26.4 Å². The first kappa shape index (κ1) is 19.8. The van der Waals surface area contributed by atoms with Crippen LogP contribution in [0.25, 0.3) is 0 Å². The summed E-state index contributed by atoms with van der Waals surface area (Å²) in [5.74, 6) is -0.354. The van der Waals surface area contributed by atoms with Gasteiger partial charge in [-0.2, -0.15) is 0 Å². The lowest BCUT2D eigenvalue weighted by molar-refractivity contribution is 0.0526. The molecule has 0 radical (unpaired) electrons. The Morgan fingerprint density at radius 2 is 1.48 bits per heavy atom. The topological polar surface area (TPSA) is 43.4 Å². The number of rotatable bonds is 4. The van der Waals surface area contributed by atoms with E-state index in [1.807, 2.05) is 6.07 Å². The van der Waals surface area contributed by atoms with Gasteiger partial charge in [0.25, 0.3) is 0 Å². The van der Waals surface area contributed by atoms with Crippen LogP contribution < -0.4 is 0 Å². The minimum absolute atomic E-state index is 0.0822. The Morgan fingerprint density at radius 3 is 2.07 bits per heavy atom. The Bertz CT molecular complexity index is 879. The Balaban J connectivity index is 1.93. The van der Waals surface area contributed by atoms with Crippen LogP contribution in [0.3, 0.4) is 0 Å². The van der Waals surface area contributed by atoms with Crippen LogP contribution >= 0.6 is 0 Å². The van der Waals surface area contributed by atoms with Gasteiger partial charge in [0.05, 0.1) is 23.0 Å². The van der Waals surface area contributed by atoms with Crippen molar-refractivity contribution in [1.29, 1.82) is 0 Å². The molecule has 2 aromatic carbocycles. The Labute approximate surface area is 164 Å². The summed E-state index contributed by atoms with van der Waals surface area (Å²) in [7, 11) is -1.28. The number of esters is 1. The number of carbonyl (C=O) groups is 1. The number of hydrogen-bond donors (Lipinski definition) is 0. The van der Waals surface area contributed by atoms with Gasteiger partial charge in [0.1, 0.15) is 0 Å². The van der Waals surface area contributed by atoms with Crippen LogP contribution in [0, 0.1) is 0 Å². The third-order valence-electron chi connectivity index (χ3n) is 5.62. The fourth-order valence-electron chi connectivity index (χ4n) is 3.75. The van der Waals surface area contributed by atoms with Crippen molar-refractivity contribution in [3.8, 4) is 0 Å². The number of hydrogen-bond acceptors (Lipinski definition) is 3. The van der Waals surface area contributed by atoms with Gasteiger partial charge >= 0.3 is 5.97 Å². The molecule has 1 atom stereocenters. The molecule has 0 bridgehead atoms. The molecule has 0 saturated carbocycles. The highest BCUT2D eigenvalue weighted by molar-refractivity contribution is 7.85. The number of carbonyl (C=O) groups excluding carboxylic acids is 1. The second-order valence-electron chi connectivity index (χ2n) is 8.49. The molecule has 0 aromatic heterocycles. The van der Waals surface area contributed by atoms with E-state index in [-0.39, 0.29) is 16.8 Å². The molecule has 1 unspecified atom stereocenters. The van der Waals surface area contributed by atoms with Crippen LogP contribution in [0.5, 0.6) is 0 Å². The fourth-order valence-corrected chi connectivity index (χ4v) is 4.82. The fraction of sp³-hybridized carbons (Fsp3) is 0.435. The summed E-state index contributed by atoms with van der Waals surface area (Å²) >= 11 is 0. The minimum atomic E-state index is -1.28.